The van der Waals surface area contributed by atoms with Gasteiger partial charge in [0.15, 0.2) is 0 Å². The number of amides is 1. The number of hydrogen-bond acceptors (Lipinski definition) is 2. The Labute approximate surface area is 112 Å². The third-order valence-electron chi connectivity index (χ3n) is 3.52. The summed E-state index contributed by atoms with van der Waals surface area (Å²) in [6, 6.07) is 10.1. The molecule has 4 nitrogen and oxygen atoms in total. The van der Waals surface area contributed by atoms with Gasteiger partial charge < -0.3 is 9.88 Å². The summed E-state index contributed by atoms with van der Waals surface area (Å²) in [5.74, 6) is 1.16. The van der Waals surface area contributed by atoms with Crippen LogP contribution < -0.4 is 5.32 Å². The lowest BCUT2D eigenvalue weighted by Gasteiger charge is -2.24. The number of aromatic nitrogens is 2. The fourth-order valence-electron chi connectivity index (χ4n) is 2.53. The van der Waals surface area contributed by atoms with Crippen LogP contribution in [0.4, 0.5) is 0 Å². The topological polar surface area (TPSA) is 46.9 Å². The lowest BCUT2D eigenvalue weighted by molar-refractivity contribution is -0.121. The van der Waals surface area contributed by atoms with Gasteiger partial charge in [0.2, 0.25) is 5.91 Å². The van der Waals surface area contributed by atoms with Crippen LogP contribution >= 0.6 is 0 Å². The minimum atomic E-state index is 0.0937. The van der Waals surface area contributed by atoms with Gasteiger partial charge in [0.05, 0.1) is 6.42 Å². The Kier molecular flexibility index (Phi) is 3.31. The summed E-state index contributed by atoms with van der Waals surface area (Å²) in [6.45, 7) is 0.936. The number of hydrogen-bond donors (Lipinski definition) is 1. The molecule has 1 aromatic carbocycles. The van der Waals surface area contributed by atoms with Crippen molar-refractivity contribution in [3.63, 3.8) is 0 Å². The van der Waals surface area contributed by atoms with Crippen molar-refractivity contribution in [2.75, 3.05) is 0 Å². The predicted molar refractivity (Wildman–Crippen MR) is 72.6 cm³/mol. The maximum atomic E-state index is 12.0. The van der Waals surface area contributed by atoms with Gasteiger partial charge >= 0.3 is 0 Å². The summed E-state index contributed by atoms with van der Waals surface area (Å²) in [7, 11) is 0. The van der Waals surface area contributed by atoms with Crippen LogP contribution in [-0.2, 0) is 24.2 Å². The number of nitrogens with zero attached hydrogens (tertiary/aromatic N) is 2. The van der Waals surface area contributed by atoms with E-state index < -0.39 is 0 Å². The van der Waals surface area contributed by atoms with Crippen LogP contribution in [0.2, 0.25) is 0 Å². The Morgan fingerprint density at radius 3 is 3.05 bits per heavy atom. The van der Waals surface area contributed by atoms with Crippen LogP contribution in [0.25, 0.3) is 0 Å². The van der Waals surface area contributed by atoms with Crippen molar-refractivity contribution in [3.8, 4) is 0 Å². The van der Waals surface area contributed by atoms with E-state index in [1.165, 1.54) is 0 Å². The maximum Gasteiger partial charge on any atom is 0.224 e. The Bertz CT molecular complexity index is 562. The lowest BCUT2D eigenvalue weighted by Crippen LogP contribution is -2.40. The fourth-order valence-corrected chi connectivity index (χ4v) is 2.53. The molecule has 2 heterocycles. The number of benzene rings is 1. The van der Waals surface area contributed by atoms with Crippen molar-refractivity contribution >= 4 is 5.91 Å². The van der Waals surface area contributed by atoms with Gasteiger partial charge in [-0.1, -0.05) is 30.3 Å². The predicted octanol–water partition coefficient (Wildman–Crippen LogP) is 1.56. The Morgan fingerprint density at radius 1 is 1.37 bits per heavy atom. The smallest absolute Gasteiger partial charge is 0.224 e. The molecule has 1 atom stereocenters. The summed E-state index contributed by atoms with van der Waals surface area (Å²) in [6.07, 6.45) is 6.07. The average Bonchev–Trinajstić information content (AvgIpc) is 2.87. The molecule has 0 radical (unpaired) electrons. The number of imidazole rings is 1. The Hall–Kier alpha value is -2.10. The van der Waals surface area contributed by atoms with Gasteiger partial charge in [-0.3, -0.25) is 4.79 Å². The highest BCUT2D eigenvalue weighted by Gasteiger charge is 2.20. The second kappa shape index (κ2) is 5.26. The van der Waals surface area contributed by atoms with Crippen molar-refractivity contribution in [1.29, 1.82) is 0 Å². The van der Waals surface area contributed by atoms with Gasteiger partial charge in [0, 0.05) is 31.4 Å². The highest BCUT2D eigenvalue weighted by molar-refractivity contribution is 5.78. The molecule has 1 aromatic heterocycles. The third-order valence-corrected chi connectivity index (χ3v) is 3.52. The average molecular weight is 255 g/mol. The van der Waals surface area contributed by atoms with E-state index in [1.807, 2.05) is 42.7 Å². The van der Waals surface area contributed by atoms with Gasteiger partial charge in [0.1, 0.15) is 5.82 Å². The standard InChI is InChI=1S/C15H17N3O/c19-15(10-12-4-2-1-3-5-12)17-13-6-8-18-9-7-16-14(18)11-13/h1-5,7,9,13H,6,8,10-11H2,(H,17,19). The molecule has 1 aliphatic heterocycles. The Balaban J connectivity index is 1.56. The van der Waals surface area contributed by atoms with Gasteiger partial charge in [-0.15, -0.1) is 0 Å². The fraction of sp³-hybridized carbons (Fsp3) is 0.333. The maximum absolute atomic E-state index is 12.0. The molecule has 0 bridgehead atoms. The van der Waals surface area contributed by atoms with Crippen LogP contribution in [0.3, 0.4) is 0 Å². The quantitative estimate of drug-likeness (QED) is 0.904. The Morgan fingerprint density at radius 2 is 2.21 bits per heavy atom. The van der Waals surface area contributed by atoms with Crippen molar-refractivity contribution in [2.24, 2.45) is 0 Å². The molecular weight excluding hydrogens is 238 g/mol. The van der Waals surface area contributed by atoms with E-state index in [9.17, 15) is 4.79 Å². The van der Waals surface area contributed by atoms with Crippen molar-refractivity contribution in [2.45, 2.75) is 31.8 Å². The van der Waals surface area contributed by atoms with E-state index in [1.54, 1.807) is 0 Å². The van der Waals surface area contributed by atoms with Crippen LogP contribution in [-0.4, -0.2) is 21.5 Å². The van der Waals surface area contributed by atoms with Crippen molar-refractivity contribution in [1.82, 2.24) is 14.9 Å². The van der Waals surface area contributed by atoms with Gasteiger partial charge in [0.25, 0.3) is 0 Å². The molecule has 0 aliphatic carbocycles. The zero-order valence-electron chi connectivity index (χ0n) is 10.7. The van der Waals surface area contributed by atoms with Gasteiger partial charge in [-0.25, -0.2) is 4.98 Å². The summed E-state index contributed by atoms with van der Waals surface area (Å²) >= 11 is 0. The first kappa shape index (κ1) is 12.0. The molecule has 19 heavy (non-hydrogen) atoms. The van der Waals surface area contributed by atoms with E-state index in [4.69, 9.17) is 0 Å². The summed E-state index contributed by atoms with van der Waals surface area (Å²) in [5.41, 5.74) is 1.05. The first-order chi connectivity index (χ1) is 9.31. The molecule has 0 saturated carbocycles. The highest BCUT2D eigenvalue weighted by atomic mass is 16.1. The number of carbonyl (C=O) groups excluding carboxylic acids is 1. The minimum absolute atomic E-state index is 0.0937. The molecular formula is C15H17N3O. The van der Waals surface area contributed by atoms with Crippen LogP contribution in [0.15, 0.2) is 42.7 Å². The van der Waals surface area contributed by atoms with E-state index in [0.717, 1.165) is 30.8 Å². The van der Waals surface area contributed by atoms with Crippen LogP contribution in [0.5, 0.6) is 0 Å². The summed E-state index contributed by atoms with van der Waals surface area (Å²) in [4.78, 5) is 16.3. The molecule has 1 amide bonds. The number of fused-ring (bicyclic) bond motifs is 1. The monoisotopic (exact) mass is 255 g/mol. The zero-order chi connectivity index (χ0) is 13.1. The minimum Gasteiger partial charge on any atom is -0.353 e. The number of carbonyl (C=O) groups is 1. The van der Waals surface area contributed by atoms with E-state index in [2.05, 4.69) is 14.9 Å². The summed E-state index contributed by atoms with van der Waals surface area (Å²) < 4.78 is 2.15. The molecule has 0 fully saturated rings. The van der Waals surface area contributed by atoms with Crippen molar-refractivity contribution < 1.29 is 4.79 Å². The molecule has 2 aromatic rings. The third kappa shape index (κ3) is 2.84. The second-order valence-corrected chi connectivity index (χ2v) is 4.96. The van der Waals surface area contributed by atoms with Crippen molar-refractivity contribution in [3.05, 3.63) is 54.1 Å². The van der Waals surface area contributed by atoms with E-state index >= 15 is 0 Å². The molecule has 1 N–H and O–H groups in total. The molecule has 1 aliphatic rings. The van der Waals surface area contributed by atoms with Gasteiger partial charge in [-0.2, -0.15) is 0 Å². The van der Waals surface area contributed by atoms with Gasteiger partial charge in [-0.05, 0) is 12.0 Å². The zero-order valence-corrected chi connectivity index (χ0v) is 10.7. The second-order valence-electron chi connectivity index (χ2n) is 4.96. The van der Waals surface area contributed by atoms with E-state index in [0.29, 0.717) is 6.42 Å². The molecule has 4 heteroatoms. The first-order valence-electron chi connectivity index (χ1n) is 6.64. The van der Waals surface area contributed by atoms with E-state index in [-0.39, 0.29) is 11.9 Å². The number of rotatable bonds is 3. The molecule has 98 valence electrons. The lowest BCUT2D eigenvalue weighted by atomic mass is 10.1. The van der Waals surface area contributed by atoms with Crippen LogP contribution in [0, 0.1) is 0 Å². The molecule has 0 spiro atoms. The first-order valence-corrected chi connectivity index (χ1v) is 6.64. The summed E-state index contributed by atoms with van der Waals surface area (Å²) in [5, 5.41) is 3.11. The molecule has 1 unspecified atom stereocenters. The normalized spacial score (nSPS) is 17.8. The molecule has 0 saturated heterocycles. The highest BCUT2D eigenvalue weighted by Crippen LogP contribution is 2.13. The number of aryl methyl sites for hydroxylation is 1. The van der Waals surface area contributed by atoms with Crippen LogP contribution in [0.1, 0.15) is 17.8 Å². The largest absolute Gasteiger partial charge is 0.353 e. The SMILES string of the molecule is O=C(Cc1ccccc1)NC1CCn2ccnc2C1. The number of nitrogens with one attached hydrogen (secondary N) is 1. The molecule has 3 rings (SSSR count).